The zero-order chi connectivity index (χ0) is 25.7. The minimum atomic E-state index is -0.623. The number of ether oxygens (including phenoxy) is 2. The maximum absolute atomic E-state index is 13.1. The van der Waals surface area contributed by atoms with Gasteiger partial charge in [0, 0.05) is 22.3 Å². The van der Waals surface area contributed by atoms with Crippen molar-refractivity contribution in [3.63, 3.8) is 0 Å². The molecule has 1 aromatic heterocycles. The first-order valence-corrected chi connectivity index (χ1v) is 12.1. The minimum Gasteiger partial charge on any atom is -0.465 e. The van der Waals surface area contributed by atoms with Crippen molar-refractivity contribution in [2.45, 2.75) is 19.4 Å². The molecule has 3 aromatic rings. The predicted octanol–water partition coefficient (Wildman–Crippen LogP) is 3.92. The minimum absolute atomic E-state index is 0.138. The molecule has 1 aliphatic heterocycles. The van der Waals surface area contributed by atoms with Gasteiger partial charge in [0.1, 0.15) is 0 Å². The number of nitrogens with one attached hydrogen (secondary N) is 1. The number of carbonyl (C=O) groups excluding carboxylic acids is 3. The molecule has 1 fully saturated rings. The van der Waals surface area contributed by atoms with Crippen molar-refractivity contribution < 1.29 is 28.4 Å². The van der Waals surface area contributed by atoms with Crippen LogP contribution in [0.25, 0.3) is 11.4 Å². The van der Waals surface area contributed by atoms with Crippen molar-refractivity contribution in [1.82, 2.24) is 15.0 Å². The monoisotopic (exact) mass is 556 g/mol. The molecule has 4 rings (SSSR count). The lowest BCUT2D eigenvalue weighted by atomic mass is 9.97. The Bertz CT molecular complexity index is 1230. The molecule has 1 unspecified atom stereocenters. The quantitative estimate of drug-likeness (QED) is 0.431. The SMILES string of the molecule is COC(=O)c1cc(NC(=O)C2CCCN(Cc3nc(-c4ccc(Br)cc4)no3)C2)cc(C(=O)OC)c1. The van der Waals surface area contributed by atoms with Gasteiger partial charge in [0.05, 0.1) is 37.8 Å². The van der Waals surface area contributed by atoms with Crippen molar-refractivity contribution in [2.24, 2.45) is 5.92 Å². The first-order chi connectivity index (χ1) is 17.4. The smallest absolute Gasteiger partial charge is 0.337 e. The molecule has 0 bridgehead atoms. The number of hydrogen-bond donors (Lipinski definition) is 1. The van der Waals surface area contributed by atoms with Crippen molar-refractivity contribution in [3.8, 4) is 11.4 Å². The molecule has 1 N–H and O–H groups in total. The molecule has 0 spiro atoms. The Balaban J connectivity index is 1.41. The first-order valence-electron chi connectivity index (χ1n) is 11.3. The highest BCUT2D eigenvalue weighted by Crippen LogP contribution is 2.24. The zero-order valence-corrected chi connectivity index (χ0v) is 21.4. The molecule has 10 nitrogen and oxygen atoms in total. The number of nitrogens with zero attached hydrogens (tertiary/aromatic N) is 3. The number of amides is 1. The second-order valence-electron chi connectivity index (χ2n) is 8.36. The Morgan fingerprint density at radius 1 is 1.08 bits per heavy atom. The fourth-order valence-electron chi connectivity index (χ4n) is 4.06. The maximum atomic E-state index is 13.1. The second kappa shape index (κ2) is 11.4. The van der Waals surface area contributed by atoms with E-state index in [-0.39, 0.29) is 23.0 Å². The van der Waals surface area contributed by atoms with Crippen LogP contribution in [0.15, 0.2) is 51.5 Å². The van der Waals surface area contributed by atoms with Gasteiger partial charge in [0.2, 0.25) is 17.6 Å². The highest BCUT2D eigenvalue weighted by Gasteiger charge is 2.27. The van der Waals surface area contributed by atoms with Crippen LogP contribution >= 0.6 is 15.9 Å². The molecule has 0 saturated carbocycles. The third-order valence-corrected chi connectivity index (χ3v) is 6.38. The lowest BCUT2D eigenvalue weighted by Gasteiger charge is -2.30. The van der Waals surface area contributed by atoms with E-state index in [0.717, 1.165) is 23.0 Å². The van der Waals surface area contributed by atoms with E-state index in [9.17, 15) is 14.4 Å². The summed E-state index contributed by atoms with van der Waals surface area (Å²) in [5, 5.41) is 6.90. The molecule has 1 amide bonds. The van der Waals surface area contributed by atoms with Crippen LogP contribution in [0, 0.1) is 5.92 Å². The standard InChI is InChI=1S/C25H25BrN4O6/c1-34-24(32)17-10-18(25(33)35-2)12-20(11-17)27-23(31)16-4-3-9-30(13-16)14-21-28-22(29-36-21)15-5-7-19(26)8-6-15/h5-8,10-12,16H,3-4,9,13-14H2,1-2H3,(H,27,31). The number of methoxy groups -OCH3 is 2. The van der Waals surface area contributed by atoms with Crippen molar-refractivity contribution in [3.05, 3.63) is 64.0 Å². The van der Waals surface area contributed by atoms with Crippen LogP contribution in [0.4, 0.5) is 5.69 Å². The summed E-state index contributed by atoms with van der Waals surface area (Å²) in [6.07, 6.45) is 1.53. The molecule has 1 atom stereocenters. The Morgan fingerprint density at radius 3 is 2.39 bits per heavy atom. The summed E-state index contributed by atoms with van der Waals surface area (Å²) in [7, 11) is 2.49. The van der Waals surface area contributed by atoms with Gasteiger partial charge in [0.25, 0.3) is 0 Å². The molecule has 2 aromatic carbocycles. The van der Waals surface area contributed by atoms with Gasteiger partial charge in [0.15, 0.2) is 0 Å². The highest BCUT2D eigenvalue weighted by atomic mass is 79.9. The molecule has 0 aliphatic carbocycles. The van der Waals surface area contributed by atoms with Gasteiger partial charge in [-0.2, -0.15) is 4.98 Å². The Hall–Kier alpha value is -3.57. The largest absolute Gasteiger partial charge is 0.465 e. The molecular weight excluding hydrogens is 532 g/mol. The fraction of sp³-hybridized carbons (Fsp3) is 0.320. The summed E-state index contributed by atoms with van der Waals surface area (Å²) in [5.41, 5.74) is 1.44. The van der Waals surface area contributed by atoms with E-state index in [1.54, 1.807) is 0 Å². The molecule has 1 saturated heterocycles. The average molecular weight is 557 g/mol. The van der Waals surface area contributed by atoms with Crippen molar-refractivity contribution >= 4 is 39.5 Å². The molecule has 1 aliphatic rings. The number of carbonyl (C=O) groups is 3. The van der Waals surface area contributed by atoms with Crippen molar-refractivity contribution in [1.29, 1.82) is 0 Å². The summed E-state index contributed by atoms with van der Waals surface area (Å²) in [6, 6.07) is 11.9. The lowest BCUT2D eigenvalue weighted by molar-refractivity contribution is -0.121. The van der Waals surface area contributed by atoms with Crippen LogP contribution < -0.4 is 5.32 Å². The number of benzene rings is 2. The third kappa shape index (κ3) is 6.16. The van der Waals surface area contributed by atoms with Gasteiger partial charge in [-0.15, -0.1) is 0 Å². The first kappa shape index (κ1) is 25.5. The van der Waals surface area contributed by atoms with E-state index in [0.29, 0.717) is 36.9 Å². The molecule has 0 radical (unpaired) electrons. The van der Waals surface area contributed by atoms with Gasteiger partial charge in [-0.05, 0) is 61.9 Å². The number of anilines is 1. The number of aromatic nitrogens is 2. The summed E-state index contributed by atoms with van der Waals surface area (Å²) >= 11 is 3.41. The van der Waals surface area contributed by atoms with E-state index < -0.39 is 11.9 Å². The fourth-order valence-corrected chi connectivity index (χ4v) is 4.32. The van der Waals surface area contributed by atoms with Crippen LogP contribution in [-0.4, -0.2) is 60.2 Å². The number of likely N-dealkylation sites (tertiary alicyclic amines) is 1. The van der Waals surface area contributed by atoms with Crippen LogP contribution in [0.2, 0.25) is 0 Å². The zero-order valence-electron chi connectivity index (χ0n) is 19.8. The van der Waals surface area contributed by atoms with Gasteiger partial charge in [-0.25, -0.2) is 9.59 Å². The average Bonchev–Trinajstić information content (AvgIpc) is 3.36. The van der Waals surface area contributed by atoms with E-state index in [4.69, 9.17) is 14.0 Å². The van der Waals surface area contributed by atoms with Crippen LogP contribution in [0.3, 0.4) is 0 Å². The molecule has 36 heavy (non-hydrogen) atoms. The molecule has 2 heterocycles. The van der Waals surface area contributed by atoms with Crippen LogP contribution in [0.5, 0.6) is 0 Å². The summed E-state index contributed by atoms with van der Waals surface area (Å²) in [5.74, 6) is -0.767. The van der Waals surface area contributed by atoms with Gasteiger partial charge >= 0.3 is 11.9 Å². The number of rotatable bonds is 7. The molecule has 11 heteroatoms. The Labute approximate surface area is 216 Å². The number of esters is 2. The van der Waals surface area contributed by atoms with Gasteiger partial charge in [-0.1, -0.05) is 21.1 Å². The topological polar surface area (TPSA) is 124 Å². The highest BCUT2D eigenvalue weighted by molar-refractivity contribution is 9.10. The van der Waals surface area contributed by atoms with E-state index in [2.05, 4.69) is 36.3 Å². The van der Waals surface area contributed by atoms with Gasteiger partial charge in [-0.3, -0.25) is 9.69 Å². The third-order valence-electron chi connectivity index (χ3n) is 5.85. The van der Waals surface area contributed by atoms with E-state index in [1.165, 1.54) is 32.4 Å². The van der Waals surface area contributed by atoms with Crippen molar-refractivity contribution in [2.75, 3.05) is 32.6 Å². The second-order valence-corrected chi connectivity index (χ2v) is 9.28. The lowest BCUT2D eigenvalue weighted by Crippen LogP contribution is -2.40. The molecular formula is C25H25BrN4O6. The van der Waals surface area contributed by atoms with Gasteiger partial charge < -0.3 is 19.3 Å². The van der Waals surface area contributed by atoms with Crippen LogP contribution in [-0.2, 0) is 20.8 Å². The van der Waals surface area contributed by atoms with Crippen LogP contribution in [0.1, 0.15) is 39.4 Å². The summed E-state index contributed by atoms with van der Waals surface area (Å²) < 4.78 is 15.9. The van der Waals surface area contributed by atoms with E-state index in [1.807, 2.05) is 24.3 Å². The Morgan fingerprint density at radius 2 is 1.75 bits per heavy atom. The van der Waals surface area contributed by atoms with E-state index >= 15 is 0 Å². The number of halogens is 1. The predicted molar refractivity (Wildman–Crippen MR) is 133 cm³/mol. The summed E-state index contributed by atoms with van der Waals surface area (Å²) in [6.45, 7) is 1.73. The maximum Gasteiger partial charge on any atom is 0.337 e. The Kier molecular flexibility index (Phi) is 8.11. The summed E-state index contributed by atoms with van der Waals surface area (Å²) in [4.78, 5) is 43.7. The number of piperidine rings is 1. The normalized spacial score (nSPS) is 15.8. The number of hydrogen-bond acceptors (Lipinski definition) is 9. The molecule has 188 valence electrons.